The van der Waals surface area contributed by atoms with Crippen molar-refractivity contribution in [3.63, 3.8) is 0 Å². The Morgan fingerprint density at radius 3 is 2.38 bits per heavy atom. The molecule has 0 amide bonds. The zero-order valence-electron chi connectivity index (χ0n) is 8.79. The van der Waals surface area contributed by atoms with Gasteiger partial charge < -0.3 is 0 Å². The van der Waals surface area contributed by atoms with Gasteiger partial charge in [-0.3, -0.25) is 9.79 Å². The Kier molecular flexibility index (Phi) is 5.77. The fraction of sp³-hybridized carbons (Fsp3) is 0.455. The van der Waals surface area contributed by atoms with Crippen molar-refractivity contribution in [1.82, 2.24) is 0 Å². The molecule has 0 spiro atoms. The van der Waals surface area contributed by atoms with Gasteiger partial charge in [0.25, 0.3) is 0 Å². The van der Waals surface area contributed by atoms with E-state index in [0.29, 0.717) is 5.57 Å². The highest BCUT2D eigenvalue weighted by Gasteiger charge is 1.96. The molecule has 0 radical (unpaired) electrons. The van der Waals surface area contributed by atoms with E-state index in [4.69, 9.17) is 0 Å². The number of hydrogen-bond acceptors (Lipinski definition) is 2. The third-order valence-corrected chi connectivity index (χ3v) is 1.62. The van der Waals surface area contributed by atoms with Crippen LogP contribution in [0.4, 0.5) is 0 Å². The average molecular weight is 179 g/mol. The van der Waals surface area contributed by atoms with E-state index in [-0.39, 0.29) is 5.78 Å². The molecule has 2 heteroatoms. The third-order valence-electron chi connectivity index (χ3n) is 1.62. The molecule has 13 heavy (non-hydrogen) atoms. The fourth-order valence-corrected chi connectivity index (χ4v) is 0.888. The maximum atomic E-state index is 11.0. The molecule has 0 saturated carbocycles. The first-order valence-corrected chi connectivity index (χ1v) is 4.49. The summed E-state index contributed by atoms with van der Waals surface area (Å²) in [6, 6.07) is 0. The van der Waals surface area contributed by atoms with Crippen LogP contribution in [0.1, 0.15) is 34.1 Å². The van der Waals surface area contributed by atoms with Gasteiger partial charge in [0.2, 0.25) is 0 Å². The van der Waals surface area contributed by atoms with E-state index in [1.165, 1.54) is 0 Å². The number of Topliss-reactive ketones (excluding diaryl/α,β-unsaturated/α-hetero) is 1. The van der Waals surface area contributed by atoms with Gasteiger partial charge in [-0.1, -0.05) is 19.1 Å². The summed E-state index contributed by atoms with van der Waals surface area (Å²) in [5, 5.41) is 0. The number of carbonyl (C=O) groups excluding carboxylic acids is 1. The molecule has 72 valence electrons. The third kappa shape index (κ3) is 5.12. The monoisotopic (exact) mass is 179 g/mol. The summed E-state index contributed by atoms with van der Waals surface area (Å²) in [6.45, 7) is 7.36. The van der Waals surface area contributed by atoms with Gasteiger partial charge in [-0.25, -0.2) is 0 Å². The molecule has 0 aliphatic carbocycles. The van der Waals surface area contributed by atoms with E-state index in [2.05, 4.69) is 11.9 Å². The van der Waals surface area contributed by atoms with E-state index in [1.807, 2.05) is 19.9 Å². The van der Waals surface area contributed by atoms with Crippen LogP contribution in [0.3, 0.4) is 0 Å². The van der Waals surface area contributed by atoms with Crippen LogP contribution in [0.5, 0.6) is 0 Å². The molecule has 0 rings (SSSR count). The second-order valence-corrected chi connectivity index (χ2v) is 2.81. The van der Waals surface area contributed by atoms with Crippen LogP contribution in [0, 0.1) is 0 Å². The number of aliphatic imine (C=N–C) groups is 1. The highest BCUT2D eigenvalue weighted by molar-refractivity contribution is 6.12. The summed E-state index contributed by atoms with van der Waals surface area (Å²) in [5.41, 5.74) is 1.60. The standard InChI is InChI=1S/C11H17NO/c1-5-7-9(3)12-8-11(6-2)10(4)13/h6-8H,5H2,1-4H3/b9-7+,11-6+,12-8+. The van der Waals surface area contributed by atoms with E-state index < -0.39 is 0 Å². The smallest absolute Gasteiger partial charge is 0.161 e. The highest BCUT2D eigenvalue weighted by atomic mass is 16.1. The van der Waals surface area contributed by atoms with E-state index >= 15 is 0 Å². The van der Waals surface area contributed by atoms with Gasteiger partial charge in [0.05, 0.1) is 0 Å². The van der Waals surface area contributed by atoms with Crippen molar-refractivity contribution in [3.05, 3.63) is 23.4 Å². The Labute approximate surface area is 80.1 Å². The lowest BCUT2D eigenvalue weighted by Gasteiger charge is -1.93. The van der Waals surface area contributed by atoms with Gasteiger partial charge in [0.15, 0.2) is 5.78 Å². The second kappa shape index (κ2) is 6.35. The summed E-state index contributed by atoms with van der Waals surface area (Å²) < 4.78 is 0. The normalized spacial score (nSPS) is 13.8. The second-order valence-electron chi connectivity index (χ2n) is 2.81. The van der Waals surface area contributed by atoms with Gasteiger partial charge in [0, 0.05) is 17.5 Å². The van der Waals surface area contributed by atoms with Gasteiger partial charge >= 0.3 is 0 Å². The van der Waals surface area contributed by atoms with Crippen LogP contribution in [-0.2, 0) is 4.79 Å². The number of carbonyl (C=O) groups is 1. The van der Waals surface area contributed by atoms with Crippen molar-refractivity contribution in [3.8, 4) is 0 Å². The molecule has 0 heterocycles. The summed E-state index contributed by atoms with van der Waals surface area (Å²) >= 11 is 0. The number of ketones is 1. The minimum Gasteiger partial charge on any atom is -0.294 e. The Balaban J connectivity index is 4.42. The maximum Gasteiger partial charge on any atom is 0.161 e. The first-order chi connectivity index (χ1) is 6.11. The van der Waals surface area contributed by atoms with Crippen molar-refractivity contribution < 1.29 is 4.79 Å². The van der Waals surface area contributed by atoms with Crippen molar-refractivity contribution in [2.45, 2.75) is 34.1 Å². The predicted molar refractivity (Wildman–Crippen MR) is 57.0 cm³/mol. The molecule has 0 aromatic heterocycles. The molecule has 0 aromatic rings. The summed E-state index contributed by atoms with van der Waals surface area (Å²) in [7, 11) is 0. The Morgan fingerprint density at radius 2 is 2.00 bits per heavy atom. The molecule has 0 aliphatic heterocycles. The molecule has 0 fully saturated rings. The van der Waals surface area contributed by atoms with Crippen molar-refractivity contribution in [2.75, 3.05) is 0 Å². The summed E-state index contributed by atoms with van der Waals surface area (Å²) in [4.78, 5) is 15.1. The number of rotatable bonds is 4. The van der Waals surface area contributed by atoms with E-state index in [9.17, 15) is 4.79 Å². The zero-order chi connectivity index (χ0) is 10.3. The largest absolute Gasteiger partial charge is 0.294 e. The Bertz CT molecular complexity index is 259. The molecule has 0 aromatic carbocycles. The van der Waals surface area contributed by atoms with Gasteiger partial charge in [-0.15, -0.1) is 0 Å². The fourth-order valence-electron chi connectivity index (χ4n) is 0.888. The van der Waals surface area contributed by atoms with Crippen LogP contribution in [-0.4, -0.2) is 12.0 Å². The van der Waals surface area contributed by atoms with Crippen LogP contribution >= 0.6 is 0 Å². The topological polar surface area (TPSA) is 29.4 Å². The molecular formula is C11H17NO. The van der Waals surface area contributed by atoms with Gasteiger partial charge in [0.1, 0.15) is 0 Å². The van der Waals surface area contributed by atoms with Crippen LogP contribution in [0.25, 0.3) is 0 Å². The van der Waals surface area contributed by atoms with Crippen LogP contribution in [0.15, 0.2) is 28.4 Å². The SMILES string of the molecule is C\C=C(/C=N/C(C)=C/CC)C(C)=O. The molecule has 0 atom stereocenters. The first kappa shape index (κ1) is 11.8. The lowest BCUT2D eigenvalue weighted by atomic mass is 10.2. The molecule has 0 aliphatic rings. The van der Waals surface area contributed by atoms with Gasteiger partial charge in [-0.05, 0) is 27.2 Å². The molecule has 2 nitrogen and oxygen atoms in total. The van der Waals surface area contributed by atoms with Crippen LogP contribution < -0.4 is 0 Å². The minimum absolute atomic E-state index is 0.0514. The van der Waals surface area contributed by atoms with Crippen molar-refractivity contribution in [1.29, 1.82) is 0 Å². The van der Waals surface area contributed by atoms with Crippen molar-refractivity contribution >= 4 is 12.0 Å². The maximum absolute atomic E-state index is 11.0. The van der Waals surface area contributed by atoms with Gasteiger partial charge in [-0.2, -0.15) is 0 Å². The quantitative estimate of drug-likeness (QED) is 0.482. The molecular weight excluding hydrogens is 162 g/mol. The van der Waals surface area contributed by atoms with E-state index in [0.717, 1.165) is 12.1 Å². The number of hydrogen-bond donors (Lipinski definition) is 0. The lowest BCUT2D eigenvalue weighted by molar-refractivity contribution is -0.113. The predicted octanol–water partition coefficient (Wildman–Crippen LogP) is 2.91. The van der Waals surface area contributed by atoms with Crippen molar-refractivity contribution in [2.24, 2.45) is 4.99 Å². The highest BCUT2D eigenvalue weighted by Crippen LogP contribution is 1.98. The lowest BCUT2D eigenvalue weighted by Crippen LogP contribution is -1.97. The van der Waals surface area contributed by atoms with E-state index in [1.54, 1.807) is 19.2 Å². The minimum atomic E-state index is 0.0514. The summed E-state index contributed by atoms with van der Waals surface area (Å²) in [5.74, 6) is 0.0514. The molecule has 0 unspecified atom stereocenters. The zero-order valence-corrected chi connectivity index (χ0v) is 8.79. The first-order valence-electron chi connectivity index (χ1n) is 4.49. The molecule has 0 N–H and O–H groups in total. The molecule has 0 saturated heterocycles. The Morgan fingerprint density at radius 1 is 1.38 bits per heavy atom. The Hall–Kier alpha value is -1.18. The average Bonchev–Trinajstić information content (AvgIpc) is 2.05. The summed E-state index contributed by atoms with van der Waals surface area (Å²) in [6.07, 6.45) is 6.37. The van der Waals surface area contributed by atoms with Crippen LogP contribution in [0.2, 0.25) is 0 Å². The molecule has 0 bridgehead atoms. The number of nitrogens with zero attached hydrogens (tertiary/aromatic N) is 1. The number of allylic oxidation sites excluding steroid dienone is 4.